The van der Waals surface area contributed by atoms with E-state index in [1.54, 1.807) is 0 Å². The number of rotatable bonds is 8. The summed E-state index contributed by atoms with van der Waals surface area (Å²) in [5.74, 6) is 0. The molecule has 0 aliphatic rings. The van der Waals surface area contributed by atoms with Crippen molar-refractivity contribution in [2.45, 2.75) is 0 Å². The van der Waals surface area contributed by atoms with Crippen LogP contribution in [0.1, 0.15) is 0 Å². The lowest BCUT2D eigenvalue weighted by molar-refractivity contribution is 0.669. The lowest BCUT2D eigenvalue weighted by atomic mass is 9.93. The Bertz CT molecular complexity index is 4280. The first-order valence-electron chi connectivity index (χ1n) is 24.3. The number of hydrogen-bond acceptors (Lipinski definition) is 2. The molecule has 0 atom stereocenters. The van der Waals surface area contributed by atoms with Crippen molar-refractivity contribution in [2.75, 3.05) is 4.90 Å². The summed E-state index contributed by atoms with van der Waals surface area (Å²) in [6, 6.07) is 96.7. The van der Waals surface area contributed by atoms with Crippen molar-refractivity contribution < 1.29 is 4.42 Å². The molecule has 3 nitrogen and oxygen atoms in total. The molecule has 0 saturated carbocycles. The summed E-state index contributed by atoms with van der Waals surface area (Å²) in [4.78, 5) is 2.39. The topological polar surface area (TPSA) is 21.3 Å². The molecule has 14 aromatic rings. The molecule has 12 aromatic carbocycles. The Hall–Kier alpha value is -9.44. The van der Waals surface area contributed by atoms with Crippen LogP contribution in [0.15, 0.2) is 271 Å². The fraction of sp³-hybridized carbons (Fsp3) is 0. The van der Waals surface area contributed by atoms with Crippen molar-refractivity contribution in [2.24, 2.45) is 0 Å². The SMILES string of the molecule is c1cc(-c2ccc(N(c3ccc(-c4cc5ccccc5c5ccccc45)cc3)c3ccccc3-c3ccc4c(c3)oc3ccccc34)cc2)cc(-c2ccc(-n3c4ccccc4c4ccccc43)cc2)c1. The highest BCUT2D eigenvalue weighted by molar-refractivity contribution is 6.14. The van der Waals surface area contributed by atoms with Crippen LogP contribution in [-0.4, -0.2) is 4.57 Å². The Kier molecular flexibility index (Phi) is 9.53. The summed E-state index contributed by atoms with van der Waals surface area (Å²) in [7, 11) is 0. The molecule has 0 aliphatic heterocycles. The zero-order valence-electron chi connectivity index (χ0n) is 38.7. The van der Waals surface area contributed by atoms with Gasteiger partial charge in [-0.05, 0) is 145 Å². The summed E-state index contributed by atoms with van der Waals surface area (Å²) in [6.07, 6.45) is 0. The average molecular weight is 905 g/mol. The van der Waals surface area contributed by atoms with Gasteiger partial charge in [0.2, 0.25) is 0 Å². The molecule has 2 heterocycles. The molecule has 0 radical (unpaired) electrons. The monoisotopic (exact) mass is 904 g/mol. The van der Waals surface area contributed by atoms with Crippen LogP contribution in [0.2, 0.25) is 0 Å². The standard InChI is InChI=1S/C68H44N2O/c1-2-17-55-50(14-1)43-63(58-20-4-3-19-57(55)58)47-32-39-53(40-33-47)69(64-24-9-5-18-56(64)51-34-41-62-61-23-8-12-27-67(61)71-68(62)44-51)52-35-28-45(29-36-52)48-15-13-16-49(42-48)46-30-37-54(38-31-46)70-65-25-10-6-21-59(65)60-22-7-11-26-66(60)70/h1-44H. The van der Waals surface area contributed by atoms with Crippen molar-refractivity contribution in [1.82, 2.24) is 4.57 Å². The van der Waals surface area contributed by atoms with Crippen LogP contribution in [-0.2, 0) is 0 Å². The Balaban J connectivity index is 0.841. The first kappa shape index (κ1) is 40.6. The van der Waals surface area contributed by atoms with E-state index < -0.39 is 0 Å². The minimum Gasteiger partial charge on any atom is -0.456 e. The van der Waals surface area contributed by atoms with Crippen molar-refractivity contribution in [3.05, 3.63) is 267 Å². The third-order valence-electron chi connectivity index (χ3n) is 14.4. The second-order valence-corrected chi connectivity index (χ2v) is 18.4. The maximum absolute atomic E-state index is 6.42. The van der Waals surface area contributed by atoms with Crippen LogP contribution in [0.4, 0.5) is 17.1 Å². The summed E-state index contributed by atoms with van der Waals surface area (Å²) in [5.41, 5.74) is 17.8. The molecule has 0 saturated heterocycles. The highest BCUT2D eigenvalue weighted by atomic mass is 16.3. The van der Waals surface area contributed by atoms with E-state index in [1.165, 1.54) is 71.2 Å². The Labute approximate surface area is 411 Å². The molecule has 0 spiro atoms. The minimum absolute atomic E-state index is 0.877. The van der Waals surface area contributed by atoms with Gasteiger partial charge in [-0.2, -0.15) is 0 Å². The fourth-order valence-corrected chi connectivity index (χ4v) is 11.0. The third-order valence-corrected chi connectivity index (χ3v) is 14.4. The van der Waals surface area contributed by atoms with Crippen molar-refractivity contribution in [3.63, 3.8) is 0 Å². The van der Waals surface area contributed by atoms with Crippen LogP contribution in [0, 0.1) is 0 Å². The zero-order valence-corrected chi connectivity index (χ0v) is 38.7. The number of fused-ring (bicyclic) bond motifs is 9. The predicted molar refractivity (Wildman–Crippen MR) is 299 cm³/mol. The Morgan fingerprint density at radius 2 is 0.803 bits per heavy atom. The van der Waals surface area contributed by atoms with Crippen molar-refractivity contribution >= 4 is 82.4 Å². The van der Waals surface area contributed by atoms with Crippen LogP contribution in [0.5, 0.6) is 0 Å². The number of benzene rings is 12. The number of para-hydroxylation sites is 4. The van der Waals surface area contributed by atoms with Gasteiger partial charge >= 0.3 is 0 Å². The van der Waals surface area contributed by atoms with E-state index in [4.69, 9.17) is 4.42 Å². The maximum Gasteiger partial charge on any atom is 0.136 e. The largest absolute Gasteiger partial charge is 0.456 e. The van der Waals surface area contributed by atoms with E-state index in [9.17, 15) is 0 Å². The number of aromatic nitrogens is 1. The highest BCUT2D eigenvalue weighted by Gasteiger charge is 2.20. The molecule has 0 aliphatic carbocycles. The van der Waals surface area contributed by atoms with Gasteiger partial charge in [-0.15, -0.1) is 0 Å². The second kappa shape index (κ2) is 16.7. The van der Waals surface area contributed by atoms with E-state index in [0.717, 1.165) is 61.4 Å². The summed E-state index contributed by atoms with van der Waals surface area (Å²) in [6.45, 7) is 0. The molecule has 14 rings (SSSR count). The molecule has 0 N–H and O–H groups in total. The second-order valence-electron chi connectivity index (χ2n) is 18.4. The van der Waals surface area contributed by atoms with Crippen LogP contribution in [0.3, 0.4) is 0 Å². The zero-order chi connectivity index (χ0) is 46.8. The average Bonchev–Trinajstić information content (AvgIpc) is 3.99. The molecule has 3 heteroatoms. The van der Waals surface area contributed by atoms with Crippen molar-refractivity contribution in [3.8, 4) is 50.2 Å². The van der Waals surface area contributed by atoms with Crippen LogP contribution < -0.4 is 4.90 Å². The third kappa shape index (κ3) is 6.89. The van der Waals surface area contributed by atoms with Gasteiger partial charge in [0.15, 0.2) is 0 Å². The number of nitrogens with zero attached hydrogens (tertiary/aromatic N) is 2. The normalized spacial score (nSPS) is 11.7. The Morgan fingerprint density at radius 1 is 0.282 bits per heavy atom. The van der Waals surface area contributed by atoms with Crippen LogP contribution >= 0.6 is 0 Å². The van der Waals surface area contributed by atoms with Crippen molar-refractivity contribution in [1.29, 1.82) is 0 Å². The van der Waals surface area contributed by atoms with E-state index in [0.29, 0.717) is 0 Å². The highest BCUT2D eigenvalue weighted by Crippen LogP contribution is 2.44. The molecule has 0 fully saturated rings. The van der Waals surface area contributed by atoms with Gasteiger partial charge in [0.05, 0.1) is 16.7 Å². The first-order valence-corrected chi connectivity index (χ1v) is 24.3. The van der Waals surface area contributed by atoms with E-state index in [-0.39, 0.29) is 0 Å². The van der Waals surface area contributed by atoms with Gasteiger partial charge in [0, 0.05) is 44.2 Å². The number of hydrogen-bond donors (Lipinski definition) is 0. The molecular weight excluding hydrogens is 861 g/mol. The number of anilines is 3. The molecule has 0 bridgehead atoms. The van der Waals surface area contributed by atoms with Gasteiger partial charge < -0.3 is 13.9 Å². The molecule has 0 amide bonds. The van der Waals surface area contributed by atoms with Gasteiger partial charge in [0.25, 0.3) is 0 Å². The smallest absolute Gasteiger partial charge is 0.136 e. The van der Waals surface area contributed by atoms with Gasteiger partial charge in [-0.1, -0.05) is 182 Å². The minimum atomic E-state index is 0.877. The summed E-state index contributed by atoms with van der Waals surface area (Å²) in [5, 5.41) is 9.80. The molecule has 332 valence electrons. The fourth-order valence-electron chi connectivity index (χ4n) is 11.0. The van der Waals surface area contributed by atoms with Gasteiger partial charge in [-0.25, -0.2) is 0 Å². The Morgan fingerprint density at radius 3 is 1.51 bits per heavy atom. The summed E-state index contributed by atoms with van der Waals surface area (Å²) >= 11 is 0. The number of furan rings is 1. The van der Waals surface area contributed by atoms with E-state index in [1.807, 2.05) is 12.1 Å². The quantitative estimate of drug-likeness (QED) is 0.142. The molecule has 71 heavy (non-hydrogen) atoms. The molecule has 2 aromatic heterocycles. The van der Waals surface area contributed by atoms with Gasteiger partial charge in [-0.3, -0.25) is 0 Å². The van der Waals surface area contributed by atoms with E-state index >= 15 is 0 Å². The molecular formula is C68H44N2O. The summed E-state index contributed by atoms with van der Waals surface area (Å²) < 4.78 is 8.79. The van der Waals surface area contributed by atoms with Gasteiger partial charge in [0.1, 0.15) is 11.2 Å². The maximum atomic E-state index is 6.42. The first-order chi connectivity index (χ1) is 35.2. The molecule has 0 unspecified atom stereocenters. The lowest BCUT2D eigenvalue weighted by Gasteiger charge is -2.28. The van der Waals surface area contributed by atoms with E-state index in [2.05, 4.69) is 264 Å². The predicted octanol–water partition coefficient (Wildman–Crippen LogP) is 19.1. The van der Waals surface area contributed by atoms with Crippen LogP contribution in [0.25, 0.3) is 115 Å². The lowest BCUT2D eigenvalue weighted by Crippen LogP contribution is -2.11.